The Balaban J connectivity index is 1.11. The van der Waals surface area contributed by atoms with Crippen LogP contribution in [-0.4, -0.2) is 11.3 Å². The van der Waals surface area contributed by atoms with E-state index in [0.717, 1.165) is 35.6 Å². The molecular formula is C74H65BN4. The predicted molar refractivity (Wildman–Crippen MR) is 337 cm³/mol. The highest BCUT2D eigenvalue weighted by Gasteiger charge is 2.48. The molecule has 1 aromatic heterocycles. The summed E-state index contributed by atoms with van der Waals surface area (Å²) in [5.74, 6) is 0. The summed E-state index contributed by atoms with van der Waals surface area (Å²) in [4.78, 5) is 7.82. The first-order valence-corrected chi connectivity index (χ1v) is 28.4. The molecule has 0 saturated heterocycles. The Morgan fingerprint density at radius 1 is 0.418 bits per heavy atom. The molecule has 14 rings (SSSR count). The van der Waals surface area contributed by atoms with Crippen molar-refractivity contribution < 1.29 is 0 Å². The molecule has 4 nitrogen and oxygen atoms in total. The molecule has 0 fully saturated rings. The zero-order valence-corrected chi connectivity index (χ0v) is 46.2. The van der Waals surface area contributed by atoms with Crippen molar-refractivity contribution in [2.45, 2.75) is 78.1 Å². The third kappa shape index (κ3) is 8.12. The Kier molecular flexibility index (Phi) is 11.7. The fraction of sp³-hybridized carbons (Fsp3) is 0.162. The van der Waals surface area contributed by atoms with Crippen molar-refractivity contribution in [3.05, 3.63) is 259 Å². The number of aromatic nitrogens is 1. The van der Waals surface area contributed by atoms with E-state index in [4.69, 9.17) is 0 Å². The number of hydrogen-bond acceptors (Lipinski definition) is 3. The molecule has 0 unspecified atom stereocenters. The summed E-state index contributed by atoms with van der Waals surface area (Å²) in [6, 6.07) is 88.9. The highest BCUT2D eigenvalue weighted by molar-refractivity contribution is 7.00. The summed E-state index contributed by atoms with van der Waals surface area (Å²) < 4.78 is 2.69. The molecule has 0 atom stereocenters. The summed E-state index contributed by atoms with van der Waals surface area (Å²) in [6.45, 7) is 14.0. The van der Waals surface area contributed by atoms with Crippen LogP contribution in [0.4, 0.5) is 51.2 Å². The van der Waals surface area contributed by atoms with Crippen molar-refractivity contribution in [1.82, 2.24) is 4.57 Å². The largest absolute Gasteiger partial charge is 0.323 e. The summed E-state index contributed by atoms with van der Waals surface area (Å²) in [5.41, 5.74) is 26.0. The van der Waals surface area contributed by atoms with Gasteiger partial charge in [0.2, 0.25) is 0 Å². The molecule has 1 aliphatic carbocycles. The Morgan fingerprint density at radius 2 is 0.949 bits per heavy atom. The molecule has 0 bridgehead atoms. The van der Waals surface area contributed by atoms with Crippen LogP contribution < -0.4 is 31.2 Å². The van der Waals surface area contributed by atoms with Crippen LogP contribution in [0.5, 0.6) is 0 Å². The van der Waals surface area contributed by atoms with Gasteiger partial charge in [0.1, 0.15) is 0 Å². The van der Waals surface area contributed by atoms with Crippen LogP contribution >= 0.6 is 0 Å². The van der Waals surface area contributed by atoms with Gasteiger partial charge in [-0.2, -0.15) is 0 Å². The topological polar surface area (TPSA) is 14.7 Å². The molecule has 3 heterocycles. The van der Waals surface area contributed by atoms with Gasteiger partial charge in [-0.15, -0.1) is 0 Å². The lowest BCUT2D eigenvalue weighted by Gasteiger charge is -2.45. The van der Waals surface area contributed by atoms with Crippen molar-refractivity contribution in [2.75, 3.05) is 14.7 Å². The third-order valence-corrected chi connectivity index (χ3v) is 17.0. The molecule has 11 aromatic rings. The summed E-state index contributed by atoms with van der Waals surface area (Å²) in [7, 11) is 0. The Morgan fingerprint density at radius 3 is 1.58 bits per heavy atom. The van der Waals surface area contributed by atoms with Crippen LogP contribution in [0, 0.1) is 0 Å². The van der Waals surface area contributed by atoms with E-state index in [1.165, 1.54) is 119 Å². The lowest BCUT2D eigenvalue weighted by Crippen LogP contribution is -2.63. The van der Waals surface area contributed by atoms with Crippen LogP contribution in [-0.2, 0) is 23.7 Å². The fourth-order valence-electron chi connectivity index (χ4n) is 13.2. The molecule has 5 heteroatoms. The van der Waals surface area contributed by atoms with E-state index in [1.807, 2.05) is 0 Å². The number of para-hydroxylation sites is 3. The third-order valence-electron chi connectivity index (χ3n) is 17.0. The second-order valence-corrected chi connectivity index (χ2v) is 24.0. The van der Waals surface area contributed by atoms with Crippen molar-refractivity contribution in [1.29, 1.82) is 0 Å². The van der Waals surface area contributed by atoms with Crippen molar-refractivity contribution >= 4 is 85.2 Å². The Labute approximate surface area is 467 Å². The van der Waals surface area contributed by atoms with E-state index in [2.05, 4.69) is 297 Å². The van der Waals surface area contributed by atoms with Gasteiger partial charge in [-0.1, -0.05) is 199 Å². The van der Waals surface area contributed by atoms with Crippen molar-refractivity contribution in [3.8, 4) is 27.9 Å². The van der Waals surface area contributed by atoms with Crippen LogP contribution in [0.25, 0.3) is 38.7 Å². The minimum atomic E-state index is -0.152. The van der Waals surface area contributed by atoms with Gasteiger partial charge < -0.3 is 19.3 Å². The van der Waals surface area contributed by atoms with Crippen molar-refractivity contribution in [3.63, 3.8) is 0 Å². The van der Waals surface area contributed by atoms with E-state index in [0.29, 0.717) is 0 Å². The first kappa shape index (κ1) is 48.6. The number of anilines is 9. The minimum absolute atomic E-state index is 0.0668. The quantitative estimate of drug-likeness (QED) is 0.141. The molecular weight excluding hydrogens is 956 g/mol. The van der Waals surface area contributed by atoms with Gasteiger partial charge >= 0.3 is 0 Å². The maximum Gasteiger partial charge on any atom is 0.273 e. The van der Waals surface area contributed by atoms with E-state index in [9.17, 15) is 0 Å². The van der Waals surface area contributed by atoms with Gasteiger partial charge in [0, 0.05) is 62.0 Å². The van der Waals surface area contributed by atoms with Crippen LogP contribution in [0.3, 0.4) is 0 Å². The first-order valence-electron chi connectivity index (χ1n) is 28.4. The van der Waals surface area contributed by atoms with Gasteiger partial charge in [-0.25, -0.2) is 0 Å². The molecule has 2 aliphatic heterocycles. The SMILES string of the molecule is CC(C)(C)c1ccc(N(c2ccc3c(c2)N(c2ccccc2)c2cc(C(C)(C)C)cc4c2B3c2c(c3c(n2-c2ccccc2)CCCC3)N4c2ccccc2)c2ccc(-c3ccccc3)c3ccccc23)c(-c2ccccc2)c1. The van der Waals surface area contributed by atoms with Gasteiger partial charge in [0.05, 0.1) is 17.1 Å². The lowest BCUT2D eigenvalue weighted by atomic mass is 9.34. The highest BCUT2D eigenvalue weighted by Crippen LogP contribution is 2.52. The zero-order chi connectivity index (χ0) is 53.6. The summed E-state index contributed by atoms with van der Waals surface area (Å²) in [6.07, 6.45) is 4.42. The van der Waals surface area contributed by atoms with E-state index < -0.39 is 0 Å². The monoisotopic (exact) mass is 1020 g/mol. The van der Waals surface area contributed by atoms with Gasteiger partial charge in [-0.05, 0) is 165 Å². The predicted octanol–water partition coefficient (Wildman–Crippen LogP) is 18.0. The Hall–Kier alpha value is -8.80. The van der Waals surface area contributed by atoms with Gasteiger partial charge in [0.15, 0.2) is 0 Å². The maximum absolute atomic E-state index is 2.69. The molecule has 0 N–H and O–H groups in total. The number of fused-ring (bicyclic) bond motifs is 7. The van der Waals surface area contributed by atoms with Crippen LogP contribution in [0.1, 0.15) is 76.8 Å². The van der Waals surface area contributed by atoms with Gasteiger partial charge in [-0.3, -0.25) is 0 Å². The maximum atomic E-state index is 2.69. The molecule has 0 spiro atoms. The average molecular weight is 1020 g/mol. The lowest BCUT2D eigenvalue weighted by molar-refractivity contribution is 0.590. The fourth-order valence-corrected chi connectivity index (χ4v) is 13.2. The smallest absolute Gasteiger partial charge is 0.273 e. The number of nitrogens with zero attached hydrogens (tertiary/aromatic N) is 4. The minimum Gasteiger partial charge on any atom is -0.323 e. The molecule has 0 saturated carbocycles. The van der Waals surface area contributed by atoms with Crippen molar-refractivity contribution in [2.24, 2.45) is 0 Å². The second kappa shape index (κ2) is 19.0. The normalized spacial score (nSPS) is 13.7. The Bertz CT molecular complexity index is 4100. The molecule has 3 aliphatic rings. The second-order valence-electron chi connectivity index (χ2n) is 24.0. The molecule has 10 aromatic carbocycles. The molecule has 384 valence electrons. The van der Waals surface area contributed by atoms with E-state index >= 15 is 0 Å². The highest BCUT2D eigenvalue weighted by atomic mass is 15.2. The summed E-state index contributed by atoms with van der Waals surface area (Å²) in [5, 5.41) is 2.40. The molecule has 0 radical (unpaired) electrons. The van der Waals surface area contributed by atoms with E-state index in [1.54, 1.807) is 0 Å². The standard InChI is InChI=1S/C74H65BN4/c1-73(2,3)52-40-44-66(62(46-52)51-28-14-8-15-29-51)77(65-45-42-58(50-26-12-7-13-27-50)59-36-22-23-37-60(59)65)57-41-43-63-67(49-57)76(54-30-16-9-17-31-54)68-47-53(74(4,5)6)48-69-70(68)75(63)72-71(78(69)55-32-18-10-19-33-55)61-38-24-25-39-64(61)79(72)56-34-20-11-21-35-56/h7-23,26-37,40-49H,24-25,38-39H2,1-6H3. The number of hydrogen-bond donors (Lipinski definition) is 0. The number of benzene rings is 10. The molecule has 0 amide bonds. The van der Waals surface area contributed by atoms with Gasteiger partial charge in [0.25, 0.3) is 6.71 Å². The molecule has 79 heavy (non-hydrogen) atoms. The first-order chi connectivity index (χ1) is 38.5. The summed E-state index contributed by atoms with van der Waals surface area (Å²) >= 11 is 0. The average Bonchev–Trinajstić information content (AvgIpc) is 2.73. The number of rotatable bonds is 8. The van der Waals surface area contributed by atoms with Crippen LogP contribution in [0.2, 0.25) is 0 Å². The van der Waals surface area contributed by atoms with Crippen LogP contribution in [0.15, 0.2) is 237 Å². The zero-order valence-electron chi connectivity index (χ0n) is 46.2. The van der Waals surface area contributed by atoms with E-state index in [-0.39, 0.29) is 17.5 Å².